The van der Waals surface area contributed by atoms with Crippen LogP contribution in [0, 0.1) is 0 Å². The molecular formula is C16H14IN3. The molecule has 3 nitrogen and oxygen atoms in total. The highest BCUT2D eigenvalue weighted by Gasteiger charge is 2.06. The average Bonchev–Trinajstić information content (AvgIpc) is 2.64. The van der Waals surface area contributed by atoms with Crippen molar-refractivity contribution in [1.29, 1.82) is 0 Å². The van der Waals surface area contributed by atoms with Gasteiger partial charge in [-0.25, -0.2) is 4.57 Å². The Bertz CT molecular complexity index is 710. The lowest BCUT2D eigenvalue weighted by Crippen LogP contribution is -3.00. The number of hydrogen-bond acceptors (Lipinski definition) is 2. The minimum Gasteiger partial charge on any atom is -1.00 e. The van der Waals surface area contributed by atoms with E-state index in [1.807, 2.05) is 60.4 Å². The Morgan fingerprint density at radius 2 is 1.70 bits per heavy atom. The number of azo groups is 1. The van der Waals surface area contributed by atoms with E-state index in [1.54, 1.807) is 0 Å². The molecule has 20 heavy (non-hydrogen) atoms. The summed E-state index contributed by atoms with van der Waals surface area (Å²) in [4.78, 5) is 0. The third kappa shape index (κ3) is 3.19. The zero-order valence-electron chi connectivity index (χ0n) is 11.1. The maximum absolute atomic E-state index is 4.35. The number of pyridine rings is 1. The summed E-state index contributed by atoms with van der Waals surface area (Å²) in [5.74, 6) is 0. The molecule has 100 valence electrons. The van der Waals surface area contributed by atoms with Gasteiger partial charge in [-0.05, 0) is 17.7 Å². The van der Waals surface area contributed by atoms with Gasteiger partial charge in [-0.15, -0.1) is 10.2 Å². The fourth-order valence-corrected chi connectivity index (χ4v) is 2.03. The lowest BCUT2D eigenvalue weighted by Gasteiger charge is -1.94. The van der Waals surface area contributed by atoms with E-state index in [0.29, 0.717) is 0 Å². The lowest BCUT2D eigenvalue weighted by molar-refractivity contribution is -0.670. The quantitative estimate of drug-likeness (QED) is 0.364. The van der Waals surface area contributed by atoms with Crippen molar-refractivity contribution < 1.29 is 28.5 Å². The number of halogens is 1. The van der Waals surface area contributed by atoms with Crippen molar-refractivity contribution in [2.45, 2.75) is 0 Å². The van der Waals surface area contributed by atoms with Crippen LogP contribution in [0.5, 0.6) is 0 Å². The summed E-state index contributed by atoms with van der Waals surface area (Å²) in [5.41, 5.74) is 4.05. The fourth-order valence-electron chi connectivity index (χ4n) is 2.03. The number of rotatable bonds is 2. The molecule has 3 rings (SSSR count). The maximum Gasteiger partial charge on any atom is 0.196 e. The van der Waals surface area contributed by atoms with E-state index in [-0.39, 0.29) is 24.0 Å². The number of aryl methyl sites for hydroxylation is 1. The minimum absolute atomic E-state index is 0. The van der Waals surface area contributed by atoms with E-state index in [0.717, 1.165) is 16.9 Å². The van der Waals surface area contributed by atoms with Crippen molar-refractivity contribution in [2.24, 2.45) is 17.3 Å². The molecule has 0 N–H and O–H groups in total. The monoisotopic (exact) mass is 375 g/mol. The summed E-state index contributed by atoms with van der Waals surface area (Å²) < 4.78 is 1.96. The van der Waals surface area contributed by atoms with Crippen molar-refractivity contribution in [2.75, 3.05) is 0 Å². The standard InChI is InChI=1S/C16H14N3.HI/c1-19-11-5-7-14(12-19)17-18-16-10-9-13-6-3-2-4-8-15(13)16;/h2-12H,1H3;1H/q+1;/p-1. The molecule has 1 aromatic rings. The van der Waals surface area contributed by atoms with Crippen LogP contribution < -0.4 is 28.5 Å². The SMILES string of the molecule is C[n+]1cccc(N=Nc2ccc3cccccc2-3)c1.[I-]. The molecule has 1 aromatic heterocycles. The van der Waals surface area contributed by atoms with Gasteiger partial charge in [0.25, 0.3) is 0 Å². The van der Waals surface area contributed by atoms with Crippen LogP contribution in [0.2, 0.25) is 0 Å². The summed E-state index contributed by atoms with van der Waals surface area (Å²) in [7, 11) is 1.97. The molecule has 0 aliphatic heterocycles. The van der Waals surface area contributed by atoms with Crippen LogP contribution in [0.3, 0.4) is 0 Å². The summed E-state index contributed by atoms with van der Waals surface area (Å²) in [6, 6.07) is 18.2. The largest absolute Gasteiger partial charge is 1.00 e. The van der Waals surface area contributed by atoms with Gasteiger partial charge in [-0.3, -0.25) is 0 Å². The van der Waals surface area contributed by atoms with E-state index in [4.69, 9.17) is 0 Å². The highest BCUT2D eigenvalue weighted by Crippen LogP contribution is 2.34. The van der Waals surface area contributed by atoms with Crippen molar-refractivity contribution >= 4 is 11.4 Å². The van der Waals surface area contributed by atoms with Crippen LogP contribution in [0.15, 0.2) is 77.2 Å². The van der Waals surface area contributed by atoms with Crippen molar-refractivity contribution in [1.82, 2.24) is 0 Å². The topological polar surface area (TPSA) is 28.6 Å². The van der Waals surface area contributed by atoms with Gasteiger partial charge in [-0.1, -0.05) is 36.4 Å². The van der Waals surface area contributed by atoms with Crippen LogP contribution in [0.1, 0.15) is 0 Å². The summed E-state index contributed by atoms with van der Waals surface area (Å²) in [6.45, 7) is 0. The molecule has 0 fully saturated rings. The third-order valence-corrected chi connectivity index (χ3v) is 2.97. The molecule has 0 bridgehead atoms. The van der Waals surface area contributed by atoms with Crippen LogP contribution in [0.4, 0.5) is 11.4 Å². The van der Waals surface area contributed by atoms with Gasteiger partial charge in [0.2, 0.25) is 0 Å². The predicted octanol–water partition coefficient (Wildman–Crippen LogP) is 1.04. The Labute approximate surface area is 135 Å². The summed E-state index contributed by atoms with van der Waals surface area (Å²) in [5, 5.41) is 8.63. The maximum atomic E-state index is 4.35. The molecule has 0 saturated carbocycles. The first-order chi connectivity index (χ1) is 9.33. The molecule has 0 spiro atoms. The van der Waals surface area contributed by atoms with Crippen LogP contribution >= 0.6 is 0 Å². The Balaban J connectivity index is 0.00000147. The van der Waals surface area contributed by atoms with Crippen LogP contribution in [0.25, 0.3) is 11.1 Å². The first-order valence-corrected chi connectivity index (χ1v) is 6.18. The first kappa shape index (κ1) is 14.6. The Hall–Kier alpha value is -1.82. The molecular weight excluding hydrogens is 361 g/mol. The molecule has 0 aromatic carbocycles. The van der Waals surface area contributed by atoms with Crippen molar-refractivity contribution in [3.05, 3.63) is 67.0 Å². The summed E-state index contributed by atoms with van der Waals surface area (Å²) >= 11 is 0. The molecule has 0 saturated heterocycles. The highest BCUT2D eigenvalue weighted by atomic mass is 127. The molecule has 4 heteroatoms. The van der Waals surface area contributed by atoms with Gasteiger partial charge in [0.1, 0.15) is 12.7 Å². The molecule has 2 aliphatic carbocycles. The van der Waals surface area contributed by atoms with Gasteiger partial charge in [0.15, 0.2) is 12.4 Å². The third-order valence-electron chi connectivity index (χ3n) is 2.97. The van der Waals surface area contributed by atoms with Gasteiger partial charge >= 0.3 is 0 Å². The van der Waals surface area contributed by atoms with Gasteiger partial charge < -0.3 is 24.0 Å². The zero-order chi connectivity index (χ0) is 13.1. The van der Waals surface area contributed by atoms with Gasteiger partial charge in [0.05, 0.1) is 5.69 Å². The Morgan fingerprint density at radius 3 is 2.55 bits per heavy atom. The van der Waals surface area contributed by atoms with Crippen LogP contribution in [-0.4, -0.2) is 0 Å². The summed E-state index contributed by atoms with van der Waals surface area (Å²) in [6.07, 6.45) is 3.91. The number of hydrogen-bond donors (Lipinski definition) is 0. The molecule has 0 unspecified atom stereocenters. The molecule has 0 radical (unpaired) electrons. The number of nitrogens with zero attached hydrogens (tertiary/aromatic N) is 3. The number of fused-ring (bicyclic) bond motifs is 1. The molecule has 0 amide bonds. The Morgan fingerprint density at radius 1 is 0.850 bits per heavy atom. The smallest absolute Gasteiger partial charge is 0.196 e. The fraction of sp³-hybridized carbons (Fsp3) is 0.0625. The minimum atomic E-state index is 0. The zero-order valence-corrected chi connectivity index (χ0v) is 13.2. The van der Waals surface area contributed by atoms with E-state index < -0.39 is 0 Å². The number of aromatic nitrogens is 1. The van der Waals surface area contributed by atoms with Gasteiger partial charge in [-0.2, -0.15) is 0 Å². The average molecular weight is 375 g/mol. The second-order valence-electron chi connectivity index (χ2n) is 4.43. The van der Waals surface area contributed by atoms with Gasteiger partial charge in [0, 0.05) is 11.6 Å². The van der Waals surface area contributed by atoms with E-state index >= 15 is 0 Å². The molecule has 1 heterocycles. The predicted molar refractivity (Wildman–Crippen MR) is 74.9 cm³/mol. The van der Waals surface area contributed by atoms with E-state index in [1.165, 1.54) is 5.56 Å². The highest BCUT2D eigenvalue weighted by molar-refractivity contribution is 5.79. The molecule has 0 atom stereocenters. The lowest BCUT2D eigenvalue weighted by atomic mass is 10.2. The second kappa shape index (κ2) is 6.56. The van der Waals surface area contributed by atoms with E-state index in [2.05, 4.69) is 28.4 Å². The van der Waals surface area contributed by atoms with Crippen molar-refractivity contribution in [3.8, 4) is 11.1 Å². The first-order valence-electron chi connectivity index (χ1n) is 6.18. The Kier molecular flexibility index (Phi) is 4.79. The normalized spacial score (nSPS) is 10.7. The molecule has 2 aliphatic rings. The van der Waals surface area contributed by atoms with E-state index in [9.17, 15) is 0 Å². The van der Waals surface area contributed by atoms with Crippen molar-refractivity contribution in [3.63, 3.8) is 0 Å². The van der Waals surface area contributed by atoms with Crippen LogP contribution in [-0.2, 0) is 7.05 Å². The second-order valence-corrected chi connectivity index (χ2v) is 4.43.